The van der Waals surface area contributed by atoms with Crippen LogP contribution in [0.4, 0.5) is 0 Å². The van der Waals surface area contributed by atoms with Crippen LogP contribution in [0.1, 0.15) is 35.3 Å². The molecule has 0 aliphatic heterocycles. The van der Waals surface area contributed by atoms with Gasteiger partial charge in [-0.25, -0.2) is 0 Å². The van der Waals surface area contributed by atoms with Crippen LogP contribution in [0, 0.1) is 6.92 Å². The van der Waals surface area contributed by atoms with Crippen molar-refractivity contribution in [1.82, 2.24) is 14.7 Å². The molecule has 1 aromatic rings. The molecule has 1 rings (SSSR count). The minimum Gasteiger partial charge on any atom is -0.342 e. The first-order valence-electron chi connectivity index (χ1n) is 5.88. The van der Waals surface area contributed by atoms with E-state index in [2.05, 4.69) is 5.10 Å². The molecule has 17 heavy (non-hydrogen) atoms. The molecule has 0 aliphatic carbocycles. The molecule has 0 saturated heterocycles. The van der Waals surface area contributed by atoms with Gasteiger partial charge in [-0.1, -0.05) is 6.42 Å². The van der Waals surface area contributed by atoms with E-state index in [0.29, 0.717) is 11.4 Å². The van der Waals surface area contributed by atoms with Crippen molar-refractivity contribution in [1.29, 1.82) is 0 Å². The van der Waals surface area contributed by atoms with Crippen molar-refractivity contribution in [2.24, 2.45) is 7.05 Å². The molecule has 0 atom stereocenters. The summed E-state index contributed by atoms with van der Waals surface area (Å²) in [4.78, 5) is 13.8. The van der Waals surface area contributed by atoms with E-state index >= 15 is 0 Å². The summed E-state index contributed by atoms with van der Waals surface area (Å²) in [6, 6.07) is 0. The maximum absolute atomic E-state index is 12.1. The molecule has 0 unspecified atom stereocenters. The van der Waals surface area contributed by atoms with Crippen LogP contribution in [-0.2, 0) is 7.05 Å². The predicted molar refractivity (Wildman–Crippen MR) is 69.5 cm³/mol. The molecular weight excluding hydrogens is 238 g/mol. The summed E-state index contributed by atoms with van der Waals surface area (Å²) < 4.78 is 1.67. The lowest BCUT2D eigenvalue weighted by Crippen LogP contribution is -2.28. The Morgan fingerprint density at radius 2 is 2.18 bits per heavy atom. The Hall–Kier alpha value is -1.03. The Kier molecular flexibility index (Phi) is 5.48. The fourth-order valence-corrected chi connectivity index (χ4v) is 1.93. The molecule has 0 fully saturated rings. The number of hydrogen-bond acceptors (Lipinski definition) is 2. The zero-order chi connectivity index (χ0) is 12.8. The Labute approximate surface area is 108 Å². The Morgan fingerprint density at radius 1 is 1.47 bits per heavy atom. The van der Waals surface area contributed by atoms with Gasteiger partial charge in [0.05, 0.1) is 11.3 Å². The van der Waals surface area contributed by atoms with Gasteiger partial charge in [-0.2, -0.15) is 5.10 Å². The Balaban J connectivity index is 2.49. The van der Waals surface area contributed by atoms with Crippen LogP contribution in [0.25, 0.3) is 0 Å². The number of aromatic nitrogens is 2. The summed E-state index contributed by atoms with van der Waals surface area (Å²) in [7, 11) is 3.65. The highest BCUT2D eigenvalue weighted by atomic mass is 35.5. The highest BCUT2D eigenvalue weighted by Crippen LogP contribution is 2.09. The van der Waals surface area contributed by atoms with Crippen LogP contribution >= 0.6 is 11.6 Å². The molecule has 0 aliphatic rings. The average molecular weight is 258 g/mol. The van der Waals surface area contributed by atoms with E-state index in [1.165, 1.54) is 0 Å². The van der Waals surface area contributed by atoms with Gasteiger partial charge in [0.25, 0.3) is 5.91 Å². The van der Waals surface area contributed by atoms with Gasteiger partial charge in [-0.3, -0.25) is 9.48 Å². The van der Waals surface area contributed by atoms with Crippen molar-refractivity contribution in [2.75, 3.05) is 19.5 Å². The summed E-state index contributed by atoms with van der Waals surface area (Å²) in [5.41, 5.74) is 1.47. The van der Waals surface area contributed by atoms with Crippen molar-refractivity contribution in [2.45, 2.75) is 26.2 Å². The number of alkyl halides is 1. The average Bonchev–Trinajstić information content (AvgIpc) is 2.62. The standard InChI is InChI=1S/C12H20ClN3O/c1-10-11(9-16(3)14-10)12(17)15(2)8-6-4-5-7-13/h9H,4-8H2,1-3H3. The Morgan fingerprint density at radius 3 is 2.71 bits per heavy atom. The molecule has 0 bridgehead atoms. The lowest BCUT2D eigenvalue weighted by Gasteiger charge is -2.16. The van der Waals surface area contributed by atoms with Crippen LogP contribution in [0.5, 0.6) is 0 Å². The number of nitrogens with zero attached hydrogens (tertiary/aromatic N) is 3. The second-order valence-electron chi connectivity index (χ2n) is 4.28. The third-order valence-corrected chi connectivity index (χ3v) is 2.98. The molecule has 1 heterocycles. The van der Waals surface area contributed by atoms with Gasteiger partial charge in [0.15, 0.2) is 0 Å². The predicted octanol–water partition coefficient (Wildman–Crippen LogP) is 2.21. The molecule has 0 radical (unpaired) electrons. The number of carbonyl (C=O) groups is 1. The van der Waals surface area contributed by atoms with Crippen LogP contribution in [0.2, 0.25) is 0 Å². The number of hydrogen-bond donors (Lipinski definition) is 0. The van der Waals surface area contributed by atoms with Crippen molar-refractivity contribution >= 4 is 17.5 Å². The van der Waals surface area contributed by atoms with E-state index in [1.807, 2.05) is 21.0 Å². The first-order chi connectivity index (χ1) is 8.06. The lowest BCUT2D eigenvalue weighted by atomic mass is 10.2. The van der Waals surface area contributed by atoms with E-state index in [4.69, 9.17) is 11.6 Å². The van der Waals surface area contributed by atoms with Gasteiger partial charge in [0.1, 0.15) is 0 Å². The first kappa shape index (κ1) is 14.0. The van der Waals surface area contributed by atoms with Crippen LogP contribution in [0.15, 0.2) is 6.20 Å². The summed E-state index contributed by atoms with van der Waals surface area (Å²) in [5.74, 6) is 0.737. The van der Waals surface area contributed by atoms with E-state index in [0.717, 1.165) is 31.5 Å². The summed E-state index contributed by atoms with van der Waals surface area (Å²) in [6.45, 7) is 2.62. The maximum atomic E-state index is 12.1. The van der Waals surface area contributed by atoms with E-state index in [1.54, 1.807) is 15.8 Å². The normalized spacial score (nSPS) is 10.6. The zero-order valence-electron chi connectivity index (χ0n) is 10.7. The minimum atomic E-state index is 0.0430. The number of aryl methyl sites for hydroxylation is 2. The SMILES string of the molecule is Cc1nn(C)cc1C(=O)N(C)CCCCCCl. The fraction of sp³-hybridized carbons (Fsp3) is 0.667. The van der Waals surface area contributed by atoms with Crippen LogP contribution < -0.4 is 0 Å². The third-order valence-electron chi connectivity index (χ3n) is 2.72. The van der Waals surface area contributed by atoms with Crippen molar-refractivity contribution < 1.29 is 4.79 Å². The Bertz CT molecular complexity index is 376. The molecule has 0 spiro atoms. The van der Waals surface area contributed by atoms with Crippen molar-refractivity contribution in [3.05, 3.63) is 17.5 Å². The number of halogens is 1. The van der Waals surface area contributed by atoms with E-state index < -0.39 is 0 Å². The minimum absolute atomic E-state index is 0.0430. The van der Waals surface area contributed by atoms with Gasteiger partial charge in [-0.05, 0) is 19.8 Å². The monoisotopic (exact) mass is 257 g/mol. The molecule has 4 nitrogen and oxygen atoms in total. The van der Waals surface area contributed by atoms with Crippen molar-refractivity contribution in [3.63, 3.8) is 0 Å². The van der Waals surface area contributed by atoms with Gasteiger partial charge < -0.3 is 4.90 Å². The molecule has 96 valence electrons. The number of carbonyl (C=O) groups excluding carboxylic acids is 1. The van der Waals surface area contributed by atoms with Gasteiger partial charge >= 0.3 is 0 Å². The second-order valence-corrected chi connectivity index (χ2v) is 4.66. The molecule has 0 saturated carbocycles. The summed E-state index contributed by atoms with van der Waals surface area (Å²) >= 11 is 5.61. The molecular formula is C12H20ClN3O. The second kappa shape index (κ2) is 6.64. The maximum Gasteiger partial charge on any atom is 0.257 e. The largest absolute Gasteiger partial charge is 0.342 e. The molecule has 1 amide bonds. The van der Waals surface area contributed by atoms with Crippen LogP contribution in [-0.4, -0.2) is 40.1 Å². The van der Waals surface area contributed by atoms with Gasteiger partial charge in [-0.15, -0.1) is 11.6 Å². The zero-order valence-corrected chi connectivity index (χ0v) is 11.5. The molecule has 5 heteroatoms. The quantitative estimate of drug-likeness (QED) is 0.579. The van der Waals surface area contributed by atoms with Crippen molar-refractivity contribution in [3.8, 4) is 0 Å². The highest BCUT2D eigenvalue weighted by Gasteiger charge is 2.16. The summed E-state index contributed by atoms with van der Waals surface area (Å²) in [6.07, 6.45) is 4.84. The number of rotatable bonds is 6. The lowest BCUT2D eigenvalue weighted by molar-refractivity contribution is 0.0792. The highest BCUT2D eigenvalue weighted by molar-refractivity contribution is 6.17. The van der Waals surface area contributed by atoms with E-state index in [9.17, 15) is 4.79 Å². The van der Waals surface area contributed by atoms with Crippen LogP contribution in [0.3, 0.4) is 0 Å². The van der Waals surface area contributed by atoms with Gasteiger partial charge in [0, 0.05) is 32.7 Å². The first-order valence-corrected chi connectivity index (χ1v) is 6.41. The molecule has 1 aromatic heterocycles. The van der Waals surface area contributed by atoms with Gasteiger partial charge in [0.2, 0.25) is 0 Å². The number of amides is 1. The molecule has 0 N–H and O–H groups in total. The fourth-order valence-electron chi connectivity index (χ4n) is 1.74. The molecule has 0 aromatic carbocycles. The smallest absolute Gasteiger partial charge is 0.257 e. The topological polar surface area (TPSA) is 38.1 Å². The third kappa shape index (κ3) is 4.04. The van der Waals surface area contributed by atoms with E-state index in [-0.39, 0.29) is 5.91 Å². The summed E-state index contributed by atoms with van der Waals surface area (Å²) in [5, 5.41) is 4.18. The number of unbranched alkanes of at least 4 members (excludes halogenated alkanes) is 2.